The van der Waals surface area contributed by atoms with Crippen molar-refractivity contribution in [3.05, 3.63) is 23.8 Å². The summed E-state index contributed by atoms with van der Waals surface area (Å²) in [4.78, 5) is 10.9. The molecule has 0 aliphatic carbocycles. The van der Waals surface area contributed by atoms with Gasteiger partial charge in [-0.15, -0.1) is 0 Å². The van der Waals surface area contributed by atoms with E-state index in [0.29, 0.717) is 22.8 Å². The largest absolute Gasteiger partial charge is 0.487 e. The molecule has 0 saturated heterocycles. The summed E-state index contributed by atoms with van der Waals surface area (Å²) < 4.78 is 18.2. The number of hydrogen-bond donors (Lipinski definition) is 1. The van der Waals surface area contributed by atoms with E-state index in [2.05, 4.69) is 6.92 Å². The van der Waals surface area contributed by atoms with Gasteiger partial charge in [0.25, 0.3) is 0 Å². The number of ether oxygens (including phenoxy) is 3. The first kappa shape index (κ1) is 21.9. The van der Waals surface area contributed by atoms with Crippen molar-refractivity contribution in [3.63, 3.8) is 0 Å². The van der Waals surface area contributed by atoms with Gasteiger partial charge >= 0.3 is 5.97 Å². The third-order valence-corrected chi connectivity index (χ3v) is 4.16. The molecule has 0 amide bonds. The molecule has 146 valence electrons. The van der Waals surface area contributed by atoms with Crippen LogP contribution < -0.4 is 14.2 Å². The predicted octanol–water partition coefficient (Wildman–Crippen LogP) is 5.32. The molecule has 1 aromatic carbocycles. The lowest BCUT2D eigenvalue weighted by atomic mass is 10.1. The average molecular weight is 364 g/mol. The van der Waals surface area contributed by atoms with E-state index >= 15 is 0 Å². The number of benzene rings is 1. The minimum absolute atomic E-state index is 0.00411. The molecule has 0 heterocycles. The van der Waals surface area contributed by atoms with Gasteiger partial charge in [-0.25, -0.2) is 4.79 Å². The second-order valence-corrected chi connectivity index (χ2v) is 6.53. The Kier molecular flexibility index (Phi) is 9.03. The zero-order chi connectivity index (χ0) is 19.7. The normalized spacial score (nSPS) is 14.7. The summed E-state index contributed by atoms with van der Waals surface area (Å²) in [7, 11) is 0. The van der Waals surface area contributed by atoms with Gasteiger partial charge < -0.3 is 19.3 Å². The Balaban J connectivity index is 3.43. The van der Waals surface area contributed by atoms with Crippen LogP contribution in [0.15, 0.2) is 18.2 Å². The highest BCUT2D eigenvalue weighted by molar-refractivity contribution is 5.85. The highest BCUT2D eigenvalue weighted by Gasteiger charge is 2.20. The average Bonchev–Trinajstić information content (AvgIpc) is 2.61. The Morgan fingerprint density at radius 2 is 1.35 bits per heavy atom. The summed E-state index contributed by atoms with van der Waals surface area (Å²) in [6, 6.07) is 3.60. The molecule has 3 unspecified atom stereocenters. The highest BCUT2D eigenvalue weighted by Crippen LogP contribution is 2.41. The summed E-state index contributed by atoms with van der Waals surface area (Å²) in [5, 5.41) is 8.91. The van der Waals surface area contributed by atoms with Crippen LogP contribution in [0.4, 0.5) is 0 Å². The predicted molar refractivity (Wildman–Crippen MR) is 104 cm³/mol. The van der Waals surface area contributed by atoms with Crippen LogP contribution in [-0.4, -0.2) is 29.4 Å². The lowest BCUT2D eigenvalue weighted by Crippen LogP contribution is -2.17. The second kappa shape index (κ2) is 10.7. The number of carboxylic acid groups (broad SMARTS) is 1. The van der Waals surface area contributed by atoms with Crippen LogP contribution in [0.3, 0.4) is 0 Å². The maximum absolute atomic E-state index is 10.9. The zero-order valence-corrected chi connectivity index (χ0v) is 16.7. The SMILES string of the molecule is CCC(C)Oc1cc(C=CC(=O)O)cc(OC(C)CC)c1OC(C)CC. The Bertz CT molecular complexity index is 575. The third-order valence-electron chi connectivity index (χ3n) is 4.16. The summed E-state index contributed by atoms with van der Waals surface area (Å²) in [6.07, 6.45) is 5.20. The second-order valence-electron chi connectivity index (χ2n) is 6.53. The number of rotatable bonds is 11. The molecule has 1 aromatic rings. The van der Waals surface area contributed by atoms with Crippen molar-refractivity contribution < 1.29 is 24.1 Å². The van der Waals surface area contributed by atoms with Crippen LogP contribution in [0.25, 0.3) is 6.08 Å². The molecule has 0 saturated carbocycles. The van der Waals surface area contributed by atoms with Gasteiger partial charge in [0.2, 0.25) is 5.75 Å². The number of aliphatic carboxylic acids is 1. The molecule has 0 aliphatic rings. The number of hydrogen-bond acceptors (Lipinski definition) is 4. The van der Waals surface area contributed by atoms with E-state index in [1.165, 1.54) is 6.08 Å². The van der Waals surface area contributed by atoms with Gasteiger partial charge in [0.05, 0.1) is 18.3 Å². The molecule has 1 N–H and O–H groups in total. The number of carbonyl (C=O) groups is 1. The summed E-state index contributed by atoms with van der Waals surface area (Å²) >= 11 is 0. The molecule has 0 fully saturated rings. The molecular weight excluding hydrogens is 332 g/mol. The fourth-order valence-electron chi connectivity index (χ4n) is 2.04. The van der Waals surface area contributed by atoms with Crippen molar-refractivity contribution >= 4 is 12.0 Å². The van der Waals surface area contributed by atoms with Crippen molar-refractivity contribution in [2.24, 2.45) is 0 Å². The molecule has 0 aliphatic heterocycles. The molecule has 0 bridgehead atoms. The summed E-state index contributed by atoms with van der Waals surface area (Å²) in [5.41, 5.74) is 0.695. The van der Waals surface area contributed by atoms with E-state index in [1.54, 1.807) is 12.1 Å². The van der Waals surface area contributed by atoms with E-state index in [0.717, 1.165) is 25.3 Å². The third kappa shape index (κ3) is 6.98. The lowest BCUT2D eigenvalue weighted by Gasteiger charge is -2.24. The van der Waals surface area contributed by atoms with Crippen LogP contribution in [0.5, 0.6) is 17.2 Å². The fourth-order valence-corrected chi connectivity index (χ4v) is 2.04. The van der Waals surface area contributed by atoms with Gasteiger partial charge in [-0.05, 0) is 63.8 Å². The molecular formula is C21H32O5. The van der Waals surface area contributed by atoms with Crippen molar-refractivity contribution in [2.75, 3.05) is 0 Å². The zero-order valence-electron chi connectivity index (χ0n) is 16.7. The quantitative estimate of drug-likeness (QED) is 0.539. The summed E-state index contributed by atoms with van der Waals surface area (Å²) in [5.74, 6) is 0.724. The Labute approximate surface area is 157 Å². The standard InChI is InChI=1S/C21H32O5/c1-7-14(4)24-18-12-17(10-11-20(22)23)13-19(25-15(5)8-2)21(18)26-16(6)9-3/h10-16H,7-9H2,1-6H3,(H,22,23). The van der Waals surface area contributed by atoms with E-state index < -0.39 is 5.97 Å². The van der Waals surface area contributed by atoms with Crippen LogP contribution in [0.2, 0.25) is 0 Å². The molecule has 0 aromatic heterocycles. The van der Waals surface area contributed by atoms with Crippen LogP contribution in [0.1, 0.15) is 66.4 Å². The first-order valence-corrected chi connectivity index (χ1v) is 9.39. The lowest BCUT2D eigenvalue weighted by molar-refractivity contribution is -0.131. The maximum atomic E-state index is 10.9. The topological polar surface area (TPSA) is 65.0 Å². The van der Waals surface area contributed by atoms with Crippen molar-refractivity contribution in [1.29, 1.82) is 0 Å². The van der Waals surface area contributed by atoms with E-state index in [1.807, 2.05) is 34.6 Å². The van der Waals surface area contributed by atoms with Crippen LogP contribution >= 0.6 is 0 Å². The molecule has 1 rings (SSSR count). The van der Waals surface area contributed by atoms with Crippen molar-refractivity contribution in [2.45, 2.75) is 79.1 Å². The Morgan fingerprint density at radius 3 is 1.73 bits per heavy atom. The Morgan fingerprint density at radius 1 is 0.923 bits per heavy atom. The van der Waals surface area contributed by atoms with Gasteiger partial charge in [0.15, 0.2) is 11.5 Å². The van der Waals surface area contributed by atoms with Gasteiger partial charge in [0.1, 0.15) is 0 Å². The number of carboxylic acids is 1. The van der Waals surface area contributed by atoms with E-state index in [4.69, 9.17) is 19.3 Å². The summed E-state index contributed by atoms with van der Waals surface area (Å²) in [6.45, 7) is 12.1. The van der Waals surface area contributed by atoms with E-state index in [-0.39, 0.29) is 18.3 Å². The first-order valence-electron chi connectivity index (χ1n) is 9.39. The maximum Gasteiger partial charge on any atom is 0.328 e. The fraction of sp³-hybridized carbons (Fsp3) is 0.571. The minimum atomic E-state index is -1.00. The first-order chi connectivity index (χ1) is 12.3. The van der Waals surface area contributed by atoms with Gasteiger partial charge in [-0.1, -0.05) is 20.8 Å². The Hall–Kier alpha value is -2.17. The van der Waals surface area contributed by atoms with Crippen molar-refractivity contribution in [1.82, 2.24) is 0 Å². The molecule has 5 heteroatoms. The molecule has 3 atom stereocenters. The smallest absolute Gasteiger partial charge is 0.328 e. The van der Waals surface area contributed by atoms with Crippen LogP contribution in [0, 0.1) is 0 Å². The molecule has 26 heavy (non-hydrogen) atoms. The highest BCUT2D eigenvalue weighted by atomic mass is 16.6. The van der Waals surface area contributed by atoms with Gasteiger partial charge in [-0.3, -0.25) is 0 Å². The van der Waals surface area contributed by atoms with E-state index in [9.17, 15) is 4.79 Å². The molecule has 5 nitrogen and oxygen atoms in total. The van der Waals surface area contributed by atoms with Gasteiger partial charge in [0, 0.05) is 6.08 Å². The van der Waals surface area contributed by atoms with Crippen LogP contribution in [-0.2, 0) is 4.79 Å². The molecule has 0 spiro atoms. The molecule has 0 radical (unpaired) electrons. The minimum Gasteiger partial charge on any atom is -0.487 e. The van der Waals surface area contributed by atoms with Gasteiger partial charge in [-0.2, -0.15) is 0 Å². The monoisotopic (exact) mass is 364 g/mol. The van der Waals surface area contributed by atoms with Crippen molar-refractivity contribution in [3.8, 4) is 17.2 Å².